The first kappa shape index (κ1) is 11.1. The number of nitrogens with two attached hydrogens (primary N) is 1. The number of nitriles is 1. The number of hydrogen-bond acceptors (Lipinski definition) is 3. The lowest BCUT2D eigenvalue weighted by Gasteiger charge is -2.32. The highest BCUT2D eigenvalue weighted by atomic mass is 15.2. The van der Waals surface area contributed by atoms with E-state index in [1.807, 2.05) is 24.3 Å². The fraction of sp³-hybridized carbons (Fsp3) is 0.462. The molecular weight excluding hydrogens is 198 g/mol. The molecule has 3 nitrogen and oxygen atoms in total. The fourth-order valence-corrected chi connectivity index (χ4v) is 2.13. The SMILES string of the molecule is N#Cc1ccc(CN2CCCCC2N)cc1. The van der Waals surface area contributed by atoms with E-state index in [2.05, 4.69) is 11.0 Å². The third-order valence-electron chi connectivity index (χ3n) is 3.13. The van der Waals surface area contributed by atoms with Gasteiger partial charge in [-0.3, -0.25) is 4.90 Å². The third kappa shape index (κ3) is 2.60. The lowest BCUT2D eigenvalue weighted by molar-refractivity contribution is 0.144. The molecule has 1 fully saturated rings. The maximum absolute atomic E-state index is 8.71. The zero-order chi connectivity index (χ0) is 11.4. The van der Waals surface area contributed by atoms with E-state index in [9.17, 15) is 0 Å². The molecule has 1 atom stereocenters. The molecule has 2 N–H and O–H groups in total. The second-order valence-electron chi connectivity index (χ2n) is 4.34. The number of benzene rings is 1. The number of likely N-dealkylation sites (tertiary alicyclic amines) is 1. The summed E-state index contributed by atoms with van der Waals surface area (Å²) in [7, 11) is 0. The van der Waals surface area contributed by atoms with E-state index in [1.165, 1.54) is 18.4 Å². The minimum atomic E-state index is 0.199. The van der Waals surface area contributed by atoms with Gasteiger partial charge in [-0.15, -0.1) is 0 Å². The van der Waals surface area contributed by atoms with Crippen LogP contribution in [0.2, 0.25) is 0 Å². The molecule has 0 radical (unpaired) electrons. The quantitative estimate of drug-likeness (QED) is 0.818. The molecule has 0 saturated carbocycles. The van der Waals surface area contributed by atoms with Gasteiger partial charge >= 0.3 is 0 Å². The summed E-state index contributed by atoms with van der Waals surface area (Å²) in [5.74, 6) is 0. The van der Waals surface area contributed by atoms with E-state index in [1.54, 1.807) is 0 Å². The Kier molecular flexibility index (Phi) is 3.55. The van der Waals surface area contributed by atoms with Crippen molar-refractivity contribution < 1.29 is 0 Å². The molecule has 16 heavy (non-hydrogen) atoms. The van der Waals surface area contributed by atoms with Crippen LogP contribution in [0.3, 0.4) is 0 Å². The summed E-state index contributed by atoms with van der Waals surface area (Å²) in [4.78, 5) is 2.31. The van der Waals surface area contributed by atoms with Gasteiger partial charge in [0.25, 0.3) is 0 Å². The highest BCUT2D eigenvalue weighted by Crippen LogP contribution is 2.16. The van der Waals surface area contributed by atoms with Crippen LogP contribution in [0.15, 0.2) is 24.3 Å². The highest BCUT2D eigenvalue weighted by Gasteiger charge is 2.18. The van der Waals surface area contributed by atoms with Gasteiger partial charge in [-0.1, -0.05) is 12.1 Å². The molecule has 1 unspecified atom stereocenters. The van der Waals surface area contributed by atoms with Crippen molar-refractivity contribution in [3.63, 3.8) is 0 Å². The van der Waals surface area contributed by atoms with Crippen molar-refractivity contribution in [3.05, 3.63) is 35.4 Å². The Labute approximate surface area is 96.5 Å². The van der Waals surface area contributed by atoms with Crippen LogP contribution >= 0.6 is 0 Å². The van der Waals surface area contributed by atoms with Crippen LogP contribution in [0.25, 0.3) is 0 Å². The zero-order valence-corrected chi connectivity index (χ0v) is 9.39. The molecule has 84 valence electrons. The van der Waals surface area contributed by atoms with Crippen LogP contribution in [0.5, 0.6) is 0 Å². The first-order valence-corrected chi connectivity index (χ1v) is 5.78. The molecule has 2 rings (SSSR count). The van der Waals surface area contributed by atoms with Gasteiger partial charge in [0, 0.05) is 6.54 Å². The van der Waals surface area contributed by atoms with E-state index in [0.29, 0.717) is 5.56 Å². The summed E-state index contributed by atoms with van der Waals surface area (Å²) in [5, 5.41) is 8.71. The summed E-state index contributed by atoms with van der Waals surface area (Å²) < 4.78 is 0. The minimum Gasteiger partial charge on any atom is -0.316 e. The average Bonchev–Trinajstić information content (AvgIpc) is 2.33. The summed E-state index contributed by atoms with van der Waals surface area (Å²) in [6.07, 6.45) is 3.77. The number of rotatable bonds is 2. The Morgan fingerprint density at radius 1 is 1.31 bits per heavy atom. The summed E-state index contributed by atoms with van der Waals surface area (Å²) in [6, 6.07) is 9.89. The minimum absolute atomic E-state index is 0.199. The predicted molar refractivity (Wildman–Crippen MR) is 63.4 cm³/mol. The van der Waals surface area contributed by atoms with Gasteiger partial charge < -0.3 is 5.73 Å². The fourth-order valence-electron chi connectivity index (χ4n) is 2.13. The van der Waals surface area contributed by atoms with Crippen molar-refractivity contribution in [2.75, 3.05) is 6.54 Å². The second-order valence-corrected chi connectivity index (χ2v) is 4.34. The summed E-state index contributed by atoms with van der Waals surface area (Å²) >= 11 is 0. The first-order valence-electron chi connectivity index (χ1n) is 5.78. The molecule has 3 heteroatoms. The molecule has 1 aromatic carbocycles. The maximum Gasteiger partial charge on any atom is 0.0991 e. The Morgan fingerprint density at radius 3 is 2.69 bits per heavy atom. The van der Waals surface area contributed by atoms with E-state index in [0.717, 1.165) is 19.5 Å². The average molecular weight is 215 g/mol. The van der Waals surface area contributed by atoms with E-state index in [4.69, 9.17) is 11.0 Å². The van der Waals surface area contributed by atoms with Crippen LogP contribution in [0.1, 0.15) is 30.4 Å². The largest absolute Gasteiger partial charge is 0.316 e. The second kappa shape index (κ2) is 5.11. The van der Waals surface area contributed by atoms with Crippen molar-refractivity contribution in [1.29, 1.82) is 5.26 Å². The molecule has 0 spiro atoms. The van der Waals surface area contributed by atoms with Crippen molar-refractivity contribution in [2.24, 2.45) is 5.73 Å². The van der Waals surface area contributed by atoms with Crippen LogP contribution in [-0.4, -0.2) is 17.6 Å². The molecule has 1 aliphatic heterocycles. The van der Waals surface area contributed by atoms with Gasteiger partial charge in [0.2, 0.25) is 0 Å². The Bertz CT molecular complexity index is 377. The van der Waals surface area contributed by atoms with Crippen molar-refractivity contribution in [2.45, 2.75) is 32.0 Å². The van der Waals surface area contributed by atoms with Crippen molar-refractivity contribution in [1.82, 2.24) is 4.90 Å². The smallest absolute Gasteiger partial charge is 0.0991 e. The number of hydrogen-bond donors (Lipinski definition) is 1. The maximum atomic E-state index is 8.71. The van der Waals surface area contributed by atoms with Gasteiger partial charge in [-0.25, -0.2) is 0 Å². The van der Waals surface area contributed by atoms with Crippen LogP contribution in [-0.2, 0) is 6.54 Å². The molecule has 1 aromatic rings. The molecule has 0 bridgehead atoms. The molecule has 0 aromatic heterocycles. The molecular formula is C13H17N3. The summed E-state index contributed by atoms with van der Waals surface area (Å²) in [6.45, 7) is 1.98. The zero-order valence-electron chi connectivity index (χ0n) is 9.39. The summed E-state index contributed by atoms with van der Waals surface area (Å²) in [5.41, 5.74) is 8.00. The van der Waals surface area contributed by atoms with E-state index in [-0.39, 0.29) is 6.17 Å². The standard InChI is InChI=1S/C13H17N3/c14-9-11-4-6-12(7-5-11)10-16-8-2-1-3-13(16)15/h4-7,13H,1-3,8,10,15H2. The van der Waals surface area contributed by atoms with Gasteiger partial charge in [0.1, 0.15) is 0 Å². The lowest BCUT2D eigenvalue weighted by Crippen LogP contribution is -2.44. The van der Waals surface area contributed by atoms with E-state index >= 15 is 0 Å². The molecule has 1 heterocycles. The van der Waals surface area contributed by atoms with Gasteiger partial charge in [-0.2, -0.15) is 5.26 Å². The molecule has 1 saturated heterocycles. The van der Waals surface area contributed by atoms with E-state index < -0.39 is 0 Å². The van der Waals surface area contributed by atoms with Gasteiger partial charge in [-0.05, 0) is 43.5 Å². The van der Waals surface area contributed by atoms with Gasteiger partial charge in [0.15, 0.2) is 0 Å². The predicted octanol–water partition coefficient (Wildman–Crippen LogP) is 1.83. The number of nitrogens with zero attached hydrogens (tertiary/aromatic N) is 2. The molecule has 1 aliphatic rings. The van der Waals surface area contributed by atoms with Crippen LogP contribution < -0.4 is 5.73 Å². The van der Waals surface area contributed by atoms with Crippen LogP contribution in [0.4, 0.5) is 0 Å². The van der Waals surface area contributed by atoms with Crippen molar-refractivity contribution >= 4 is 0 Å². The van der Waals surface area contributed by atoms with Crippen molar-refractivity contribution in [3.8, 4) is 6.07 Å². The monoisotopic (exact) mass is 215 g/mol. The highest BCUT2D eigenvalue weighted by molar-refractivity contribution is 5.31. The first-order chi connectivity index (χ1) is 7.79. The Morgan fingerprint density at radius 2 is 2.06 bits per heavy atom. The number of piperidine rings is 1. The lowest BCUT2D eigenvalue weighted by atomic mass is 10.1. The topological polar surface area (TPSA) is 53.0 Å². The Balaban J connectivity index is 2.00. The molecule has 0 amide bonds. The Hall–Kier alpha value is -1.37. The van der Waals surface area contributed by atoms with Gasteiger partial charge in [0.05, 0.1) is 17.8 Å². The normalized spacial score (nSPS) is 21.6. The third-order valence-corrected chi connectivity index (χ3v) is 3.13. The molecule has 0 aliphatic carbocycles. The van der Waals surface area contributed by atoms with Crippen LogP contribution in [0, 0.1) is 11.3 Å².